The van der Waals surface area contributed by atoms with E-state index in [9.17, 15) is 9.59 Å². The van der Waals surface area contributed by atoms with E-state index in [1.807, 2.05) is 40.6 Å². The van der Waals surface area contributed by atoms with E-state index in [2.05, 4.69) is 16.0 Å². The van der Waals surface area contributed by atoms with Crippen LogP contribution >= 0.6 is 34.0 Å². The third-order valence-corrected chi connectivity index (χ3v) is 8.76. The van der Waals surface area contributed by atoms with E-state index >= 15 is 0 Å². The molecule has 0 saturated carbocycles. The lowest BCUT2D eigenvalue weighted by Crippen LogP contribution is -2.48. The van der Waals surface area contributed by atoms with E-state index in [0.29, 0.717) is 24.6 Å². The van der Waals surface area contributed by atoms with Crippen molar-refractivity contribution in [3.63, 3.8) is 0 Å². The zero-order chi connectivity index (χ0) is 22.4. The molecule has 7 nitrogen and oxygen atoms in total. The largest absolute Gasteiger partial charge is 0.335 e. The second-order valence-corrected chi connectivity index (χ2v) is 10.8. The van der Waals surface area contributed by atoms with E-state index in [4.69, 9.17) is 4.98 Å². The van der Waals surface area contributed by atoms with Crippen molar-refractivity contribution in [3.8, 4) is 9.88 Å². The molecular weight excluding hydrogens is 474 g/mol. The van der Waals surface area contributed by atoms with Gasteiger partial charge in [-0.15, -0.1) is 34.0 Å². The van der Waals surface area contributed by atoms with Crippen LogP contribution in [-0.2, 0) is 6.54 Å². The first-order valence-electron chi connectivity index (χ1n) is 10.6. The molecule has 5 aromatic rings. The molecule has 0 bridgehead atoms. The van der Waals surface area contributed by atoms with Crippen LogP contribution in [0.15, 0.2) is 58.8 Å². The van der Waals surface area contributed by atoms with E-state index in [1.54, 1.807) is 28.0 Å². The molecule has 1 saturated heterocycles. The van der Waals surface area contributed by atoms with Crippen molar-refractivity contribution in [2.75, 3.05) is 26.2 Å². The molecule has 33 heavy (non-hydrogen) atoms. The van der Waals surface area contributed by atoms with Gasteiger partial charge in [0.05, 0.1) is 25.7 Å². The third kappa shape index (κ3) is 3.99. The van der Waals surface area contributed by atoms with Crippen molar-refractivity contribution in [3.05, 3.63) is 75.0 Å². The quantitative estimate of drug-likeness (QED) is 0.378. The van der Waals surface area contributed by atoms with Crippen LogP contribution in [0.25, 0.3) is 25.1 Å². The lowest BCUT2D eigenvalue weighted by atomic mass is 10.2. The highest BCUT2D eigenvalue weighted by Crippen LogP contribution is 2.34. The van der Waals surface area contributed by atoms with Crippen molar-refractivity contribution < 1.29 is 4.79 Å². The molecule has 0 N–H and O–H groups in total. The number of carbonyl (C=O) groups excluding carboxylic acids is 1. The van der Waals surface area contributed by atoms with Crippen LogP contribution in [0.1, 0.15) is 15.4 Å². The topological polar surface area (TPSA) is 70.8 Å². The van der Waals surface area contributed by atoms with Gasteiger partial charge in [0.1, 0.15) is 5.01 Å². The highest BCUT2D eigenvalue weighted by molar-refractivity contribution is 7.26. The van der Waals surface area contributed by atoms with E-state index in [0.717, 1.165) is 43.8 Å². The lowest BCUT2D eigenvalue weighted by molar-refractivity contribution is 0.0632. The SMILES string of the molecule is O=C(c1ccc(-c2nc3ccccc3s2)s1)N1CCN(Cc2cc(=O)n3ccsc3n2)CC1. The fourth-order valence-electron chi connectivity index (χ4n) is 4.01. The van der Waals surface area contributed by atoms with Gasteiger partial charge in [-0.1, -0.05) is 12.1 Å². The first-order valence-corrected chi connectivity index (χ1v) is 13.1. The Morgan fingerprint density at radius 2 is 1.85 bits per heavy atom. The Hall–Kier alpha value is -2.92. The standard InChI is InChI=1S/C23H19N5O2S3/c29-20-13-15(24-23-28(20)11-12-31-23)14-26-7-9-27(10-8-26)22(30)19-6-5-18(32-19)21-25-16-3-1-2-4-17(16)33-21/h1-6,11-13H,7-10,14H2. The fraction of sp³-hybridized carbons (Fsp3) is 0.217. The van der Waals surface area contributed by atoms with Crippen LogP contribution in [0.2, 0.25) is 0 Å². The number of thiazole rings is 2. The average molecular weight is 494 g/mol. The summed E-state index contributed by atoms with van der Waals surface area (Å²) in [6.07, 6.45) is 1.75. The fourth-order valence-corrected chi connectivity index (χ4v) is 6.74. The molecule has 0 aliphatic carbocycles. The molecule has 1 amide bonds. The summed E-state index contributed by atoms with van der Waals surface area (Å²) in [6.45, 7) is 3.45. The number of benzene rings is 1. The molecule has 4 aromatic heterocycles. The average Bonchev–Trinajstić information content (AvgIpc) is 3.57. The summed E-state index contributed by atoms with van der Waals surface area (Å²) in [6, 6.07) is 13.6. The Bertz CT molecular complexity index is 1490. The number of hydrogen-bond acceptors (Lipinski definition) is 8. The number of fused-ring (bicyclic) bond motifs is 2. The summed E-state index contributed by atoms with van der Waals surface area (Å²) >= 11 is 4.62. The summed E-state index contributed by atoms with van der Waals surface area (Å²) in [5, 5.41) is 2.82. The Labute approximate surface area is 201 Å². The maximum atomic E-state index is 13.1. The smallest absolute Gasteiger partial charge is 0.264 e. The Morgan fingerprint density at radius 1 is 1.00 bits per heavy atom. The van der Waals surface area contributed by atoms with Crippen molar-refractivity contribution in [2.45, 2.75) is 6.54 Å². The van der Waals surface area contributed by atoms with Crippen LogP contribution in [0.3, 0.4) is 0 Å². The van der Waals surface area contributed by atoms with Crippen LogP contribution in [-0.4, -0.2) is 56.3 Å². The number of hydrogen-bond donors (Lipinski definition) is 0. The zero-order valence-electron chi connectivity index (χ0n) is 17.5. The maximum absolute atomic E-state index is 13.1. The summed E-state index contributed by atoms with van der Waals surface area (Å²) in [5.41, 5.74) is 1.72. The number of aromatic nitrogens is 3. The van der Waals surface area contributed by atoms with Gasteiger partial charge in [0.2, 0.25) is 0 Å². The minimum atomic E-state index is -0.0494. The Morgan fingerprint density at radius 3 is 2.70 bits per heavy atom. The van der Waals surface area contributed by atoms with E-state index < -0.39 is 0 Å². The first-order chi connectivity index (χ1) is 16.1. The van der Waals surface area contributed by atoms with Gasteiger partial charge in [0, 0.05) is 50.4 Å². The molecular formula is C23H19N5O2S3. The zero-order valence-corrected chi connectivity index (χ0v) is 20.0. The Balaban J connectivity index is 1.11. The molecule has 1 aromatic carbocycles. The maximum Gasteiger partial charge on any atom is 0.264 e. The second kappa shape index (κ2) is 8.45. The molecule has 0 atom stereocenters. The second-order valence-electron chi connectivity index (χ2n) is 7.86. The number of para-hydroxylation sites is 1. The molecule has 1 aliphatic rings. The number of rotatable bonds is 4. The molecule has 6 rings (SSSR count). The van der Waals surface area contributed by atoms with Gasteiger partial charge in [0.15, 0.2) is 4.96 Å². The predicted molar refractivity (Wildman–Crippen MR) is 133 cm³/mol. The molecule has 0 unspecified atom stereocenters. The van der Waals surface area contributed by atoms with Gasteiger partial charge in [-0.25, -0.2) is 9.97 Å². The summed E-state index contributed by atoms with van der Waals surface area (Å²) in [4.78, 5) is 41.3. The van der Waals surface area contributed by atoms with Crippen molar-refractivity contribution >= 4 is 55.1 Å². The van der Waals surface area contributed by atoms with E-state index in [1.165, 1.54) is 22.7 Å². The van der Waals surface area contributed by atoms with Crippen molar-refractivity contribution in [2.24, 2.45) is 0 Å². The summed E-state index contributed by atoms with van der Waals surface area (Å²) in [7, 11) is 0. The van der Waals surface area contributed by atoms with Crippen LogP contribution in [0.5, 0.6) is 0 Å². The molecule has 1 fully saturated rings. The molecule has 1 aliphatic heterocycles. The number of piperazine rings is 1. The van der Waals surface area contributed by atoms with Gasteiger partial charge < -0.3 is 4.90 Å². The van der Waals surface area contributed by atoms with Crippen molar-refractivity contribution in [1.29, 1.82) is 0 Å². The minimum Gasteiger partial charge on any atom is -0.335 e. The van der Waals surface area contributed by atoms with Gasteiger partial charge in [0.25, 0.3) is 11.5 Å². The highest BCUT2D eigenvalue weighted by atomic mass is 32.1. The van der Waals surface area contributed by atoms with Crippen LogP contribution < -0.4 is 5.56 Å². The molecule has 10 heteroatoms. The first kappa shape index (κ1) is 20.7. The molecule has 0 radical (unpaired) electrons. The van der Waals surface area contributed by atoms with Crippen LogP contribution in [0, 0.1) is 0 Å². The normalized spacial score (nSPS) is 15.0. The van der Waals surface area contributed by atoms with Crippen LogP contribution in [0.4, 0.5) is 0 Å². The van der Waals surface area contributed by atoms with Gasteiger partial charge in [-0.05, 0) is 24.3 Å². The lowest BCUT2D eigenvalue weighted by Gasteiger charge is -2.34. The number of thiophene rings is 1. The molecule has 5 heterocycles. The van der Waals surface area contributed by atoms with Gasteiger partial charge >= 0.3 is 0 Å². The van der Waals surface area contributed by atoms with Crippen molar-refractivity contribution in [1.82, 2.24) is 24.2 Å². The third-order valence-electron chi connectivity index (χ3n) is 5.72. The number of carbonyl (C=O) groups is 1. The minimum absolute atomic E-state index is 0.0494. The van der Waals surface area contributed by atoms with Gasteiger partial charge in [-0.3, -0.25) is 18.9 Å². The summed E-state index contributed by atoms with van der Waals surface area (Å²) < 4.78 is 2.72. The predicted octanol–water partition coefficient (Wildman–Crippen LogP) is 4.05. The van der Waals surface area contributed by atoms with E-state index in [-0.39, 0.29) is 11.5 Å². The molecule has 0 spiro atoms. The highest BCUT2D eigenvalue weighted by Gasteiger charge is 2.24. The number of nitrogens with zero attached hydrogens (tertiary/aromatic N) is 5. The van der Waals surface area contributed by atoms with Gasteiger partial charge in [-0.2, -0.15) is 0 Å². The number of amides is 1. The molecule has 166 valence electrons. The summed E-state index contributed by atoms with van der Waals surface area (Å²) in [5.74, 6) is 0.0726. The Kier molecular flexibility index (Phi) is 5.30. The monoisotopic (exact) mass is 493 g/mol.